The Morgan fingerprint density at radius 3 is 1.25 bits per heavy atom. The van der Waals surface area contributed by atoms with E-state index in [0.717, 1.165) is 6.42 Å². The van der Waals surface area contributed by atoms with Crippen LogP contribution in [0.3, 0.4) is 0 Å². The van der Waals surface area contributed by atoms with Crippen molar-refractivity contribution in [3.05, 3.63) is 197 Å². The third-order valence-corrected chi connectivity index (χ3v) is 11.5. The molecule has 3 heteroatoms. The number of hydrogen-bond donors (Lipinski definition) is 0. The second-order valence-electron chi connectivity index (χ2n) is 16.5. The standard InChI is InChI=1S/C33H33.C15H14.C5H5.2ClH.Zr/c1-32(2,3)30-20-26-24(18-28(30)22-13-9-7-10-14-22)17-25-19-29(23-15-11-8-12-16-23)31(21-27(25)26)33(4,5)6;1-12-3-7-14(8-4-12)11-15-9-5-13(2)6-10-15;1-2-4-5-3-1;;;/h7-21H,1-6H3;3-10H,1-2H3;1-3H,4H2;2*1H;/q-1;;-1;;;+2/p-2. The van der Waals surface area contributed by atoms with E-state index in [9.17, 15) is 0 Å². The number of fused-ring (bicyclic) bond motifs is 3. The van der Waals surface area contributed by atoms with E-state index in [1.165, 1.54) is 105 Å². The Labute approximate surface area is 363 Å². The van der Waals surface area contributed by atoms with Crippen molar-refractivity contribution in [2.45, 2.75) is 72.6 Å². The number of rotatable bonds is 4. The Balaban J connectivity index is 0.000000252. The quantitative estimate of drug-likeness (QED) is 0.156. The molecule has 1 aliphatic carbocycles. The van der Waals surface area contributed by atoms with E-state index in [4.69, 9.17) is 0 Å². The smallest absolute Gasteiger partial charge is 0.109 e. The minimum atomic E-state index is 0. The average molecular weight is 851 g/mol. The summed E-state index contributed by atoms with van der Waals surface area (Å²) in [4.78, 5) is 0. The fourth-order valence-electron chi connectivity index (χ4n) is 7.01. The van der Waals surface area contributed by atoms with Crippen LogP contribution >= 0.6 is 0 Å². The molecule has 0 fully saturated rings. The summed E-state index contributed by atoms with van der Waals surface area (Å²) in [5.41, 5.74) is 13.5. The van der Waals surface area contributed by atoms with Gasteiger partial charge in [0, 0.05) is 0 Å². The van der Waals surface area contributed by atoms with Gasteiger partial charge in [-0.05, 0) is 44.2 Å². The Hall–Kier alpha value is -4.00. The second-order valence-corrected chi connectivity index (χ2v) is 17.7. The fourth-order valence-corrected chi connectivity index (χ4v) is 7.83. The van der Waals surface area contributed by atoms with Gasteiger partial charge in [0.15, 0.2) is 0 Å². The topological polar surface area (TPSA) is 0 Å². The molecule has 0 atom stereocenters. The van der Waals surface area contributed by atoms with Crippen LogP contribution in [0.1, 0.15) is 81.3 Å². The second kappa shape index (κ2) is 19.4. The normalized spacial score (nSPS) is 11.9. The van der Waals surface area contributed by atoms with E-state index in [2.05, 4.69) is 207 Å². The van der Waals surface area contributed by atoms with Gasteiger partial charge in [-0.2, -0.15) is 6.08 Å². The summed E-state index contributed by atoms with van der Waals surface area (Å²) in [5, 5.41) is 5.36. The van der Waals surface area contributed by atoms with Crippen molar-refractivity contribution in [1.29, 1.82) is 0 Å². The molecule has 0 unspecified atom stereocenters. The average Bonchev–Trinajstić information content (AvgIpc) is 3.86. The molecule has 0 saturated heterocycles. The Morgan fingerprint density at radius 1 is 0.554 bits per heavy atom. The number of benzene rings is 6. The molecule has 0 aromatic heterocycles. The van der Waals surface area contributed by atoms with Gasteiger partial charge in [-0.25, -0.2) is 12.2 Å². The molecule has 0 radical (unpaired) electrons. The Bertz CT molecular complexity index is 2250. The summed E-state index contributed by atoms with van der Waals surface area (Å²) in [7, 11) is 0. The molecule has 0 nitrogen and oxygen atoms in total. The summed E-state index contributed by atoms with van der Waals surface area (Å²) in [6, 6.07) is 51.3. The predicted octanol–water partition coefficient (Wildman–Crippen LogP) is 8.37. The van der Waals surface area contributed by atoms with Crippen LogP contribution in [0.2, 0.25) is 0 Å². The first-order valence-corrected chi connectivity index (χ1v) is 20.3. The third-order valence-electron chi connectivity index (χ3n) is 10.0. The molecule has 0 bridgehead atoms. The summed E-state index contributed by atoms with van der Waals surface area (Å²) in [6.45, 7) is 18.2. The maximum Gasteiger partial charge on any atom is -0.109 e. The zero-order valence-corrected chi connectivity index (χ0v) is 37.9. The first-order chi connectivity index (χ1) is 25.8. The fraction of sp³-hybridized carbons (Fsp3) is 0.208. The molecule has 7 aromatic rings. The zero-order valence-electron chi connectivity index (χ0n) is 34.0. The van der Waals surface area contributed by atoms with Gasteiger partial charge >= 0.3 is 112 Å². The Kier molecular flexibility index (Phi) is 15.5. The molecule has 0 spiro atoms. The van der Waals surface area contributed by atoms with Gasteiger partial charge in [-0.1, -0.05) is 114 Å². The van der Waals surface area contributed by atoms with Gasteiger partial charge in [0.05, 0.1) is 0 Å². The molecule has 0 heterocycles. The van der Waals surface area contributed by atoms with Crippen molar-refractivity contribution < 1.29 is 49.0 Å². The van der Waals surface area contributed by atoms with E-state index < -0.39 is 0 Å². The predicted molar refractivity (Wildman–Crippen MR) is 232 cm³/mol. The van der Waals surface area contributed by atoms with Gasteiger partial charge < -0.3 is 24.8 Å². The molecule has 1 aliphatic rings. The molecule has 284 valence electrons. The van der Waals surface area contributed by atoms with E-state index >= 15 is 0 Å². The van der Waals surface area contributed by atoms with Crippen molar-refractivity contribution in [1.82, 2.24) is 0 Å². The number of hydrogen-bond acceptors (Lipinski definition) is 0. The molecule has 0 N–H and O–H groups in total. The van der Waals surface area contributed by atoms with Crippen LogP contribution in [-0.4, -0.2) is 3.21 Å². The molecule has 0 aliphatic heterocycles. The SMILES string of the molecule is CC(C)(C)c1cc2c(cc1-c1ccccc1)[cH-]c1cc(-c3ccccc3)c(C(C)(C)C)cc12.Cc1ccc([C](=[Zr+2])c2ccc(C)cc2)cc1.[C-]1=CC=CC1.[Cl-].[Cl-]. The molecule has 56 heavy (non-hydrogen) atoms. The van der Waals surface area contributed by atoms with Crippen molar-refractivity contribution in [2.75, 3.05) is 0 Å². The van der Waals surface area contributed by atoms with E-state index in [0.29, 0.717) is 0 Å². The summed E-state index contributed by atoms with van der Waals surface area (Å²) in [5.74, 6) is 0. The van der Waals surface area contributed by atoms with Gasteiger partial charge in [-0.3, -0.25) is 6.08 Å². The van der Waals surface area contributed by atoms with E-state index in [1.54, 1.807) is 0 Å². The first kappa shape index (κ1) is 44.7. The van der Waals surface area contributed by atoms with Crippen molar-refractivity contribution in [2.24, 2.45) is 0 Å². The van der Waals surface area contributed by atoms with Gasteiger partial charge in [0.25, 0.3) is 0 Å². The summed E-state index contributed by atoms with van der Waals surface area (Å²) < 4.78 is 1.42. The van der Waals surface area contributed by atoms with E-state index in [-0.39, 0.29) is 35.6 Å². The zero-order chi connectivity index (χ0) is 38.5. The van der Waals surface area contributed by atoms with Crippen LogP contribution in [0.25, 0.3) is 43.8 Å². The molecular formula is C53H52Cl2Zr-2. The van der Waals surface area contributed by atoms with Gasteiger partial charge in [0.1, 0.15) is 0 Å². The number of halogens is 2. The van der Waals surface area contributed by atoms with Crippen molar-refractivity contribution in [3.63, 3.8) is 0 Å². The molecule has 7 aromatic carbocycles. The van der Waals surface area contributed by atoms with Crippen LogP contribution in [0.4, 0.5) is 0 Å². The van der Waals surface area contributed by atoms with Crippen molar-refractivity contribution >= 4 is 24.8 Å². The maximum atomic E-state index is 2.99. The largest absolute Gasteiger partial charge is 1.00 e. The van der Waals surface area contributed by atoms with Crippen LogP contribution < -0.4 is 24.8 Å². The molecule has 0 amide bonds. The van der Waals surface area contributed by atoms with E-state index in [1.807, 2.05) is 12.2 Å². The van der Waals surface area contributed by atoms with Crippen LogP contribution in [-0.2, 0) is 35.1 Å². The van der Waals surface area contributed by atoms with Crippen LogP contribution in [0.15, 0.2) is 158 Å². The first-order valence-electron chi connectivity index (χ1n) is 19.1. The number of aryl methyl sites for hydroxylation is 2. The maximum absolute atomic E-state index is 2.99. The molecule has 0 saturated carbocycles. The Morgan fingerprint density at radius 2 is 0.946 bits per heavy atom. The number of allylic oxidation sites excluding steroid dienone is 4. The van der Waals surface area contributed by atoms with Gasteiger partial charge in [-0.15, -0.1) is 46.2 Å². The van der Waals surface area contributed by atoms with Crippen LogP contribution in [0.5, 0.6) is 0 Å². The van der Waals surface area contributed by atoms with Crippen molar-refractivity contribution in [3.8, 4) is 22.3 Å². The van der Waals surface area contributed by atoms with Gasteiger partial charge in [0.2, 0.25) is 0 Å². The molecular weight excluding hydrogens is 799 g/mol. The summed E-state index contributed by atoms with van der Waals surface area (Å²) in [6.07, 6.45) is 10.0. The monoisotopic (exact) mass is 848 g/mol. The summed E-state index contributed by atoms with van der Waals surface area (Å²) >= 11 is 1.46. The minimum absolute atomic E-state index is 0. The third kappa shape index (κ3) is 10.9. The molecule has 8 rings (SSSR count). The minimum Gasteiger partial charge on any atom is -1.00 e. The van der Waals surface area contributed by atoms with Crippen LogP contribution in [0, 0.1) is 19.9 Å².